The summed E-state index contributed by atoms with van der Waals surface area (Å²) in [6.45, 7) is 0.154. The first-order valence-electron chi connectivity index (χ1n) is 5.47. The van der Waals surface area contributed by atoms with E-state index in [1.807, 2.05) is 0 Å². The van der Waals surface area contributed by atoms with Gasteiger partial charge in [0.1, 0.15) is 18.4 Å². The van der Waals surface area contributed by atoms with Crippen molar-refractivity contribution in [3.63, 3.8) is 0 Å². The lowest BCUT2D eigenvalue weighted by atomic mass is 10.3. The van der Waals surface area contributed by atoms with Crippen LogP contribution in [0.1, 0.15) is 12.6 Å². The standard InChI is InChI=1S/C9H14N3O6P/c10-7-1-2-12(9(13)11-7)8-3-6(4-17-8)18-5-19(14,15)16/h1-2,6,8H,3-5H2,(H2,10,11,13)(H2,14,15,16)/t6-,8+/m0/s1. The molecule has 0 radical (unpaired) electrons. The van der Waals surface area contributed by atoms with Gasteiger partial charge in [0.15, 0.2) is 0 Å². The molecule has 4 N–H and O–H groups in total. The summed E-state index contributed by atoms with van der Waals surface area (Å²) in [5.74, 6) is 0.119. The number of hydrogen-bond acceptors (Lipinski definition) is 6. The number of hydrogen-bond donors (Lipinski definition) is 3. The molecule has 1 fully saturated rings. The summed E-state index contributed by atoms with van der Waals surface area (Å²) in [5, 5.41) is 0. The number of nitrogens with zero attached hydrogens (tertiary/aromatic N) is 2. The SMILES string of the molecule is Nc1ccn([C@H]2C[C@H](OCP(=O)(O)O)CO2)c(=O)n1. The van der Waals surface area contributed by atoms with Crippen molar-refractivity contribution in [2.24, 2.45) is 0 Å². The van der Waals surface area contributed by atoms with Gasteiger partial charge in [-0.2, -0.15) is 4.98 Å². The molecule has 0 saturated carbocycles. The summed E-state index contributed by atoms with van der Waals surface area (Å²) in [7, 11) is -4.20. The molecule has 10 heteroatoms. The van der Waals surface area contributed by atoms with Crippen LogP contribution in [0.15, 0.2) is 17.1 Å². The molecular weight excluding hydrogens is 277 g/mol. The van der Waals surface area contributed by atoms with Crippen LogP contribution in [0.4, 0.5) is 5.82 Å². The van der Waals surface area contributed by atoms with E-state index in [-0.39, 0.29) is 12.4 Å². The monoisotopic (exact) mass is 291 g/mol. The number of anilines is 1. The summed E-state index contributed by atoms with van der Waals surface area (Å²) in [5.41, 5.74) is 4.83. The fourth-order valence-corrected chi connectivity index (χ4v) is 2.14. The van der Waals surface area contributed by atoms with Gasteiger partial charge in [-0.1, -0.05) is 0 Å². The number of aromatic nitrogens is 2. The predicted octanol–water partition coefficient (Wildman–Crippen LogP) is -0.735. The van der Waals surface area contributed by atoms with Gasteiger partial charge in [0, 0.05) is 12.6 Å². The van der Waals surface area contributed by atoms with Crippen molar-refractivity contribution in [2.45, 2.75) is 18.8 Å². The summed E-state index contributed by atoms with van der Waals surface area (Å²) in [4.78, 5) is 32.5. The lowest BCUT2D eigenvalue weighted by Crippen LogP contribution is -2.27. The minimum atomic E-state index is -4.20. The first kappa shape index (κ1) is 14.2. The Balaban J connectivity index is 1.98. The van der Waals surface area contributed by atoms with Crippen LogP contribution in [-0.4, -0.2) is 38.4 Å². The maximum absolute atomic E-state index is 11.6. The molecule has 0 amide bonds. The molecule has 2 heterocycles. The quantitative estimate of drug-likeness (QED) is 0.617. The van der Waals surface area contributed by atoms with Gasteiger partial charge in [0.05, 0.1) is 12.7 Å². The highest BCUT2D eigenvalue weighted by molar-refractivity contribution is 7.51. The van der Waals surface area contributed by atoms with E-state index in [1.54, 1.807) is 0 Å². The Morgan fingerprint density at radius 1 is 1.63 bits per heavy atom. The van der Waals surface area contributed by atoms with E-state index >= 15 is 0 Å². The van der Waals surface area contributed by atoms with Gasteiger partial charge in [-0.15, -0.1) is 0 Å². The van der Waals surface area contributed by atoms with Crippen LogP contribution in [-0.2, 0) is 14.0 Å². The molecule has 1 aromatic heterocycles. The zero-order chi connectivity index (χ0) is 14.0. The van der Waals surface area contributed by atoms with E-state index in [4.69, 9.17) is 25.0 Å². The maximum Gasteiger partial charge on any atom is 0.351 e. The number of rotatable bonds is 4. The zero-order valence-corrected chi connectivity index (χ0v) is 10.8. The highest BCUT2D eigenvalue weighted by atomic mass is 31.2. The largest absolute Gasteiger partial charge is 0.383 e. The van der Waals surface area contributed by atoms with Crippen molar-refractivity contribution in [3.05, 3.63) is 22.7 Å². The van der Waals surface area contributed by atoms with Crippen LogP contribution in [0.25, 0.3) is 0 Å². The van der Waals surface area contributed by atoms with Crippen molar-refractivity contribution in [1.82, 2.24) is 9.55 Å². The molecule has 0 spiro atoms. The van der Waals surface area contributed by atoms with Crippen molar-refractivity contribution in [1.29, 1.82) is 0 Å². The van der Waals surface area contributed by atoms with Gasteiger partial charge >= 0.3 is 13.3 Å². The highest BCUT2D eigenvalue weighted by Gasteiger charge is 2.30. The Morgan fingerprint density at radius 2 is 2.37 bits per heavy atom. The fourth-order valence-electron chi connectivity index (χ4n) is 1.74. The van der Waals surface area contributed by atoms with E-state index < -0.39 is 32.0 Å². The number of ether oxygens (including phenoxy) is 2. The Hall–Kier alpha value is -1.25. The van der Waals surface area contributed by atoms with Gasteiger partial charge in [0.2, 0.25) is 0 Å². The van der Waals surface area contributed by atoms with Crippen LogP contribution in [0.2, 0.25) is 0 Å². The first-order chi connectivity index (χ1) is 8.85. The zero-order valence-electron chi connectivity index (χ0n) is 9.88. The van der Waals surface area contributed by atoms with E-state index in [9.17, 15) is 9.36 Å². The van der Waals surface area contributed by atoms with Crippen LogP contribution in [0, 0.1) is 0 Å². The predicted molar refractivity (Wildman–Crippen MR) is 64.3 cm³/mol. The molecule has 1 aromatic rings. The Labute approximate surface area is 108 Å². The van der Waals surface area contributed by atoms with Crippen LogP contribution in [0.3, 0.4) is 0 Å². The topological polar surface area (TPSA) is 137 Å². The Bertz CT molecular complexity index is 555. The van der Waals surface area contributed by atoms with Gasteiger partial charge in [-0.25, -0.2) is 4.79 Å². The minimum Gasteiger partial charge on any atom is -0.383 e. The number of nitrogen functional groups attached to an aromatic ring is 1. The van der Waals surface area contributed by atoms with Crippen molar-refractivity contribution < 1.29 is 23.8 Å². The molecule has 1 saturated heterocycles. The summed E-state index contributed by atoms with van der Waals surface area (Å²) < 4.78 is 22.3. The third-order valence-electron chi connectivity index (χ3n) is 2.58. The first-order valence-corrected chi connectivity index (χ1v) is 7.27. The normalized spacial score (nSPS) is 23.7. The summed E-state index contributed by atoms with van der Waals surface area (Å²) in [6.07, 6.45) is 0.0684. The van der Waals surface area contributed by atoms with Gasteiger partial charge in [0.25, 0.3) is 0 Å². The van der Waals surface area contributed by atoms with E-state index in [2.05, 4.69) is 4.98 Å². The molecule has 0 aliphatic carbocycles. The number of nitrogens with two attached hydrogens (primary N) is 1. The van der Waals surface area contributed by atoms with E-state index in [0.29, 0.717) is 6.42 Å². The molecule has 1 aliphatic rings. The van der Waals surface area contributed by atoms with Crippen molar-refractivity contribution in [2.75, 3.05) is 18.7 Å². The lowest BCUT2D eigenvalue weighted by molar-refractivity contribution is 0.0326. The van der Waals surface area contributed by atoms with Crippen LogP contribution < -0.4 is 11.4 Å². The van der Waals surface area contributed by atoms with Gasteiger partial charge in [-0.3, -0.25) is 9.13 Å². The second kappa shape index (κ2) is 5.40. The smallest absolute Gasteiger partial charge is 0.351 e. The van der Waals surface area contributed by atoms with E-state index in [1.165, 1.54) is 16.8 Å². The average molecular weight is 291 g/mol. The van der Waals surface area contributed by atoms with Crippen LogP contribution in [0.5, 0.6) is 0 Å². The van der Waals surface area contributed by atoms with Crippen LogP contribution >= 0.6 is 7.60 Å². The van der Waals surface area contributed by atoms with Crippen molar-refractivity contribution >= 4 is 13.4 Å². The molecule has 19 heavy (non-hydrogen) atoms. The van der Waals surface area contributed by atoms with Gasteiger partial charge in [-0.05, 0) is 6.07 Å². The molecule has 106 valence electrons. The summed E-state index contributed by atoms with van der Waals surface area (Å²) >= 11 is 0. The molecular formula is C9H14N3O6P. The third kappa shape index (κ3) is 3.85. The lowest BCUT2D eigenvalue weighted by Gasteiger charge is -2.13. The maximum atomic E-state index is 11.6. The third-order valence-corrected chi connectivity index (χ3v) is 3.06. The minimum absolute atomic E-state index is 0.119. The molecule has 0 bridgehead atoms. The highest BCUT2D eigenvalue weighted by Crippen LogP contribution is 2.36. The average Bonchev–Trinajstić information content (AvgIpc) is 2.74. The molecule has 9 nitrogen and oxygen atoms in total. The Kier molecular flexibility index (Phi) is 4.02. The molecule has 2 rings (SSSR count). The molecule has 2 atom stereocenters. The van der Waals surface area contributed by atoms with E-state index in [0.717, 1.165) is 0 Å². The second-order valence-corrected chi connectivity index (χ2v) is 5.74. The van der Waals surface area contributed by atoms with Gasteiger partial charge < -0.3 is 25.0 Å². The fraction of sp³-hybridized carbons (Fsp3) is 0.556. The molecule has 0 aromatic carbocycles. The molecule has 1 aliphatic heterocycles. The second-order valence-electron chi connectivity index (χ2n) is 4.15. The molecule has 0 unspecified atom stereocenters. The summed E-state index contributed by atoms with van der Waals surface area (Å²) in [6, 6.07) is 1.47. The Morgan fingerprint density at radius 3 is 3.00 bits per heavy atom. The van der Waals surface area contributed by atoms with Crippen molar-refractivity contribution in [3.8, 4) is 0 Å².